The number of rotatable bonds is 0. The molecule has 0 aliphatic carbocycles. The molecule has 1 aromatic heterocycles. The van der Waals surface area contributed by atoms with Crippen molar-refractivity contribution in [2.45, 2.75) is 13.1 Å². The van der Waals surface area contributed by atoms with Crippen LogP contribution in [0.5, 0.6) is 0 Å². The Kier molecular flexibility index (Phi) is 2.39. The lowest BCUT2D eigenvalue weighted by Crippen LogP contribution is -2.05. The third-order valence-corrected chi connectivity index (χ3v) is 3.14. The molecule has 1 nitrogen and oxygen atoms in total. The molecule has 0 unspecified atom stereocenters. The summed E-state index contributed by atoms with van der Waals surface area (Å²) in [6.07, 6.45) is -4.43. The molecular weight excluding hydrogens is 247 g/mol. The zero-order valence-corrected chi connectivity index (χ0v) is 9.09. The quantitative estimate of drug-likeness (QED) is 0.681. The Labute approximate surface area is 92.5 Å². The van der Waals surface area contributed by atoms with Crippen LogP contribution in [-0.2, 0) is 6.18 Å². The zero-order valence-electron chi connectivity index (χ0n) is 7.52. The molecule has 15 heavy (non-hydrogen) atoms. The highest BCUT2D eigenvalue weighted by Gasteiger charge is 2.33. The standard InChI is InChI=1S/C9H5ClF3NS/c1-4-14-7-2-5(9(11,12)13)6(10)3-8(7)15-4/h2-3H,1H3. The van der Waals surface area contributed by atoms with E-state index < -0.39 is 11.7 Å². The lowest BCUT2D eigenvalue weighted by atomic mass is 10.2. The first-order valence-electron chi connectivity index (χ1n) is 4.02. The van der Waals surface area contributed by atoms with Crippen LogP contribution in [0.4, 0.5) is 13.2 Å². The van der Waals surface area contributed by atoms with Crippen molar-refractivity contribution < 1.29 is 13.2 Å². The monoisotopic (exact) mass is 251 g/mol. The van der Waals surface area contributed by atoms with Crippen molar-refractivity contribution in [2.75, 3.05) is 0 Å². The van der Waals surface area contributed by atoms with Gasteiger partial charge in [0.25, 0.3) is 0 Å². The Hall–Kier alpha value is -0.810. The van der Waals surface area contributed by atoms with Crippen LogP contribution in [0.1, 0.15) is 10.6 Å². The van der Waals surface area contributed by atoms with E-state index in [0.29, 0.717) is 10.2 Å². The SMILES string of the molecule is Cc1nc2cc(C(F)(F)F)c(Cl)cc2s1. The number of aryl methyl sites for hydroxylation is 1. The lowest BCUT2D eigenvalue weighted by Gasteiger charge is -2.07. The van der Waals surface area contributed by atoms with Gasteiger partial charge in [0.2, 0.25) is 0 Å². The van der Waals surface area contributed by atoms with Crippen LogP contribution >= 0.6 is 22.9 Å². The van der Waals surface area contributed by atoms with Crippen molar-refractivity contribution in [1.82, 2.24) is 4.98 Å². The number of halogens is 4. The predicted octanol–water partition coefficient (Wildman–Crippen LogP) is 4.28. The third-order valence-electron chi connectivity index (χ3n) is 1.89. The highest BCUT2D eigenvalue weighted by atomic mass is 35.5. The fourth-order valence-electron chi connectivity index (χ4n) is 1.28. The minimum atomic E-state index is -4.43. The number of thiazole rings is 1. The van der Waals surface area contributed by atoms with Gasteiger partial charge in [-0.05, 0) is 19.1 Å². The van der Waals surface area contributed by atoms with Crippen LogP contribution in [0.15, 0.2) is 12.1 Å². The summed E-state index contributed by atoms with van der Waals surface area (Å²) in [6.45, 7) is 1.74. The summed E-state index contributed by atoms with van der Waals surface area (Å²) in [5.41, 5.74) is -0.490. The topological polar surface area (TPSA) is 12.9 Å². The van der Waals surface area contributed by atoms with Crippen LogP contribution in [0.3, 0.4) is 0 Å². The minimum absolute atomic E-state index is 0.279. The van der Waals surface area contributed by atoms with E-state index in [9.17, 15) is 13.2 Å². The molecule has 0 spiro atoms. The van der Waals surface area contributed by atoms with Gasteiger partial charge >= 0.3 is 6.18 Å². The number of hydrogen-bond acceptors (Lipinski definition) is 2. The summed E-state index contributed by atoms with van der Waals surface area (Å²) in [7, 11) is 0. The van der Waals surface area contributed by atoms with Gasteiger partial charge in [0, 0.05) is 0 Å². The van der Waals surface area contributed by atoms with Crippen LogP contribution in [0.25, 0.3) is 10.2 Å². The summed E-state index contributed by atoms with van der Waals surface area (Å²) >= 11 is 6.88. The molecule has 0 amide bonds. The second kappa shape index (κ2) is 3.35. The fourth-order valence-corrected chi connectivity index (χ4v) is 2.47. The molecule has 2 rings (SSSR count). The Balaban J connectivity index is 2.72. The molecule has 0 saturated heterocycles. The lowest BCUT2D eigenvalue weighted by molar-refractivity contribution is -0.137. The van der Waals surface area contributed by atoms with Crippen molar-refractivity contribution in [3.8, 4) is 0 Å². The van der Waals surface area contributed by atoms with Crippen molar-refractivity contribution in [3.05, 3.63) is 27.7 Å². The number of hydrogen-bond donors (Lipinski definition) is 0. The Bertz CT molecular complexity index is 518. The minimum Gasteiger partial charge on any atom is -0.241 e. The molecule has 0 atom stereocenters. The number of benzene rings is 1. The largest absolute Gasteiger partial charge is 0.417 e. The highest BCUT2D eigenvalue weighted by Crippen LogP contribution is 2.38. The molecule has 1 heterocycles. The van der Waals surface area contributed by atoms with E-state index in [1.807, 2.05) is 0 Å². The Morgan fingerprint density at radius 1 is 1.33 bits per heavy atom. The number of fused-ring (bicyclic) bond motifs is 1. The van der Waals surface area contributed by atoms with Crippen LogP contribution < -0.4 is 0 Å². The van der Waals surface area contributed by atoms with E-state index in [4.69, 9.17) is 11.6 Å². The summed E-state index contributed by atoms with van der Waals surface area (Å²) in [4.78, 5) is 3.99. The molecule has 0 radical (unpaired) electrons. The maximum atomic E-state index is 12.5. The smallest absolute Gasteiger partial charge is 0.241 e. The number of alkyl halides is 3. The van der Waals surface area contributed by atoms with Gasteiger partial charge in [-0.25, -0.2) is 4.98 Å². The summed E-state index contributed by atoms with van der Waals surface area (Å²) < 4.78 is 38.1. The molecule has 0 saturated carbocycles. The summed E-state index contributed by atoms with van der Waals surface area (Å²) in [5.74, 6) is 0. The molecule has 2 aromatic rings. The van der Waals surface area contributed by atoms with Crippen LogP contribution in [0.2, 0.25) is 5.02 Å². The maximum absolute atomic E-state index is 12.5. The van der Waals surface area contributed by atoms with Crippen LogP contribution in [-0.4, -0.2) is 4.98 Å². The molecule has 0 aliphatic rings. The van der Waals surface area contributed by atoms with Gasteiger partial charge < -0.3 is 0 Å². The van der Waals surface area contributed by atoms with E-state index in [-0.39, 0.29) is 5.02 Å². The Morgan fingerprint density at radius 2 is 2.00 bits per heavy atom. The number of aromatic nitrogens is 1. The van der Waals surface area contributed by atoms with Gasteiger partial charge in [-0.1, -0.05) is 11.6 Å². The molecule has 0 aliphatic heterocycles. The van der Waals surface area contributed by atoms with E-state index in [1.54, 1.807) is 6.92 Å². The highest BCUT2D eigenvalue weighted by molar-refractivity contribution is 7.18. The third kappa shape index (κ3) is 1.94. The van der Waals surface area contributed by atoms with E-state index in [2.05, 4.69) is 4.98 Å². The van der Waals surface area contributed by atoms with Crippen molar-refractivity contribution in [3.63, 3.8) is 0 Å². The van der Waals surface area contributed by atoms with E-state index in [0.717, 1.165) is 11.1 Å². The second-order valence-electron chi connectivity index (χ2n) is 3.03. The normalized spacial score (nSPS) is 12.3. The second-order valence-corrected chi connectivity index (χ2v) is 4.67. The molecule has 1 aromatic carbocycles. The van der Waals surface area contributed by atoms with Gasteiger partial charge in [0.1, 0.15) is 0 Å². The molecule has 0 bridgehead atoms. The molecule has 80 valence electrons. The van der Waals surface area contributed by atoms with Gasteiger partial charge in [0.05, 0.1) is 25.8 Å². The molecular formula is C9H5ClF3NS. The van der Waals surface area contributed by atoms with Crippen LogP contribution in [0, 0.1) is 6.92 Å². The number of nitrogens with zero attached hydrogens (tertiary/aromatic N) is 1. The first kappa shape index (κ1) is 10.7. The first-order chi connectivity index (χ1) is 6.88. The summed E-state index contributed by atoms with van der Waals surface area (Å²) in [6, 6.07) is 2.30. The summed E-state index contributed by atoms with van der Waals surface area (Å²) in [5, 5.41) is 0.444. The maximum Gasteiger partial charge on any atom is 0.417 e. The van der Waals surface area contributed by atoms with Gasteiger partial charge in [-0.15, -0.1) is 11.3 Å². The van der Waals surface area contributed by atoms with Gasteiger partial charge in [-0.3, -0.25) is 0 Å². The van der Waals surface area contributed by atoms with Crippen molar-refractivity contribution in [1.29, 1.82) is 0 Å². The van der Waals surface area contributed by atoms with Crippen molar-refractivity contribution in [2.24, 2.45) is 0 Å². The van der Waals surface area contributed by atoms with Gasteiger partial charge in [0.15, 0.2) is 0 Å². The predicted molar refractivity (Wildman–Crippen MR) is 54.4 cm³/mol. The average molecular weight is 252 g/mol. The molecule has 0 N–H and O–H groups in total. The van der Waals surface area contributed by atoms with E-state index in [1.165, 1.54) is 17.4 Å². The van der Waals surface area contributed by atoms with Gasteiger partial charge in [-0.2, -0.15) is 13.2 Å². The zero-order chi connectivity index (χ0) is 11.2. The van der Waals surface area contributed by atoms with Crippen molar-refractivity contribution >= 4 is 33.2 Å². The van der Waals surface area contributed by atoms with E-state index >= 15 is 0 Å². The fraction of sp³-hybridized carbons (Fsp3) is 0.222. The first-order valence-corrected chi connectivity index (χ1v) is 5.21. The average Bonchev–Trinajstić information content (AvgIpc) is 2.40. The Morgan fingerprint density at radius 3 is 2.60 bits per heavy atom. The molecule has 0 fully saturated rings. The molecule has 6 heteroatoms.